The predicted molar refractivity (Wildman–Crippen MR) is 95.7 cm³/mol. The summed E-state index contributed by atoms with van der Waals surface area (Å²) in [7, 11) is 0. The molecule has 3 aliphatic rings. The minimum Gasteiger partial charge on any atom is -0.454 e. The predicted octanol–water partition coefficient (Wildman–Crippen LogP) is 2.55. The summed E-state index contributed by atoms with van der Waals surface area (Å²) < 4.78 is 10.7. The van der Waals surface area contributed by atoms with E-state index in [1.165, 1.54) is 6.42 Å². The smallest absolute Gasteiger partial charge is 0.231 e. The Kier molecular flexibility index (Phi) is 4.74. The highest BCUT2D eigenvalue weighted by molar-refractivity contribution is 5.89. The molecule has 2 fully saturated rings. The van der Waals surface area contributed by atoms with Gasteiger partial charge in [0.1, 0.15) is 0 Å². The van der Waals surface area contributed by atoms with Crippen LogP contribution < -0.4 is 9.47 Å². The average molecular weight is 358 g/mol. The summed E-state index contributed by atoms with van der Waals surface area (Å²) in [6, 6.07) is 6.09. The van der Waals surface area contributed by atoms with E-state index in [4.69, 9.17) is 9.47 Å². The fraction of sp³-hybridized carbons (Fsp3) is 0.600. The number of ether oxygens (including phenoxy) is 2. The van der Waals surface area contributed by atoms with Crippen molar-refractivity contribution in [3.63, 3.8) is 0 Å². The highest BCUT2D eigenvalue weighted by Gasteiger charge is 2.38. The summed E-state index contributed by atoms with van der Waals surface area (Å²) in [4.78, 5) is 29.3. The molecule has 0 N–H and O–H groups in total. The number of carbonyl (C=O) groups excluding carboxylic acids is 2. The number of likely N-dealkylation sites (tertiary alicyclic amines) is 2. The Morgan fingerprint density at radius 3 is 2.92 bits per heavy atom. The molecule has 0 radical (unpaired) electrons. The molecule has 6 nitrogen and oxygen atoms in total. The summed E-state index contributed by atoms with van der Waals surface area (Å²) in [6.45, 7) is 4.24. The number of fused-ring (bicyclic) bond motifs is 1. The molecule has 1 aromatic carbocycles. The Balaban J connectivity index is 1.41. The standard InChI is InChI=1S/C20H26N2O4/c1-2-16-5-3-4-8-22(16)20(24)15-10-19(23)21(12-15)11-14-6-7-17-18(9-14)26-13-25-17/h6-7,9,15-16H,2-5,8,10-13H2,1H3. The normalized spacial score (nSPS) is 25.0. The van der Waals surface area contributed by atoms with E-state index in [2.05, 4.69) is 6.92 Å². The van der Waals surface area contributed by atoms with Crippen molar-refractivity contribution in [2.24, 2.45) is 5.92 Å². The summed E-state index contributed by atoms with van der Waals surface area (Å²) in [5.41, 5.74) is 1.00. The molecule has 26 heavy (non-hydrogen) atoms. The second-order valence-corrected chi connectivity index (χ2v) is 7.45. The lowest BCUT2D eigenvalue weighted by atomic mass is 9.97. The van der Waals surface area contributed by atoms with Gasteiger partial charge in [0.2, 0.25) is 18.6 Å². The first-order valence-corrected chi connectivity index (χ1v) is 9.62. The van der Waals surface area contributed by atoms with Gasteiger partial charge in [0.15, 0.2) is 11.5 Å². The molecule has 0 aliphatic carbocycles. The molecule has 2 saturated heterocycles. The molecular weight excluding hydrogens is 332 g/mol. The molecule has 0 spiro atoms. The maximum Gasteiger partial charge on any atom is 0.231 e. The molecular formula is C20H26N2O4. The third-order valence-corrected chi connectivity index (χ3v) is 5.76. The van der Waals surface area contributed by atoms with Gasteiger partial charge in [-0.1, -0.05) is 13.0 Å². The average Bonchev–Trinajstić information content (AvgIpc) is 3.27. The highest BCUT2D eigenvalue weighted by Crippen LogP contribution is 2.33. The fourth-order valence-electron chi connectivity index (χ4n) is 4.30. The Morgan fingerprint density at radius 2 is 2.08 bits per heavy atom. The molecule has 2 amide bonds. The van der Waals surface area contributed by atoms with Gasteiger partial charge in [-0.2, -0.15) is 0 Å². The lowest BCUT2D eigenvalue weighted by Crippen LogP contribution is -2.46. The van der Waals surface area contributed by atoms with Gasteiger partial charge >= 0.3 is 0 Å². The zero-order valence-corrected chi connectivity index (χ0v) is 15.3. The first kappa shape index (κ1) is 17.2. The number of carbonyl (C=O) groups is 2. The maximum atomic E-state index is 13.0. The number of hydrogen-bond acceptors (Lipinski definition) is 4. The summed E-state index contributed by atoms with van der Waals surface area (Å²) >= 11 is 0. The second kappa shape index (κ2) is 7.17. The molecule has 2 unspecified atom stereocenters. The van der Waals surface area contributed by atoms with E-state index in [1.54, 1.807) is 4.90 Å². The quantitative estimate of drug-likeness (QED) is 0.830. The first-order valence-electron chi connectivity index (χ1n) is 9.62. The van der Waals surface area contributed by atoms with Gasteiger partial charge in [-0.3, -0.25) is 9.59 Å². The molecule has 0 aromatic heterocycles. The van der Waals surface area contributed by atoms with E-state index >= 15 is 0 Å². The topological polar surface area (TPSA) is 59.1 Å². The van der Waals surface area contributed by atoms with E-state index in [9.17, 15) is 9.59 Å². The lowest BCUT2D eigenvalue weighted by Gasteiger charge is -2.36. The minimum absolute atomic E-state index is 0.0612. The van der Waals surface area contributed by atoms with Gasteiger partial charge in [-0.15, -0.1) is 0 Å². The van der Waals surface area contributed by atoms with Crippen LogP contribution in [0.15, 0.2) is 18.2 Å². The Bertz CT molecular complexity index is 705. The van der Waals surface area contributed by atoms with Crippen molar-refractivity contribution < 1.29 is 19.1 Å². The van der Waals surface area contributed by atoms with E-state index in [0.717, 1.165) is 42.9 Å². The third kappa shape index (κ3) is 3.24. The van der Waals surface area contributed by atoms with Crippen molar-refractivity contribution in [2.45, 2.75) is 51.6 Å². The van der Waals surface area contributed by atoms with Crippen LogP contribution >= 0.6 is 0 Å². The van der Waals surface area contributed by atoms with Crippen molar-refractivity contribution >= 4 is 11.8 Å². The first-order chi connectivity index (χ1) is 12.7. The van der Waals surface area contributed by atoms with E-state index < -0.39 is 0 Å². The van der Waals surface area contributed by atoms with Gasteiger partial charge in [0.25, 0.3) is 0 Å². The number of piperidine rings is 1. The van der Waals surface area contributed by atoms with Crippen LogP contribution in [0.25, 0.3) is 0 Å². The fourth-order valence-corrected chi connectivity index (χ4v) is 4.30. The van der Waals surface area contributed by atoms with Crippen LogP contribution in [0.2, 0.25) is 0 Å². The largest absolute Gasteiger partial charge is 0.454 e. The highest BCUT2D eigenvalue weighted by atomic mass is 16.7. The summed E-state index contributed by atoms with van der Waals surface area (Å²) in [6.07, 6.45) is 4.68. The zero-order chi connectivity index (χ0) is 18.1. The van der Waals surface area contributed by atoms with Gasteiger partial charge in [0.05, 0.1) is 5.92 Å². The summed E-state index contributed by atoms with van der Waals surface area (Å²) in [5.74, 6) is 1.49. The van der Waals surface area contributed by atoms with Crippen LogP contribution in [-0.4, -0.2) is 47.5 Å². The van der Waals surface area contributed by atoms with Crippen LogP contribution in [0.3, 0.4) is 0 Å². The van der Waals surface area contributed by atoms with Crippen molar-refractivity contribution in [3.05, 3.63) is 23.8 Å². The van der Waals surface area contributed by atoms with Crippen LogP contribution in [0.4, 0.5) is 0 Å². The third-order valence-electron chi connectivity index (χ3n) is 5.76. The van der Waals surface area contributed by atoms with Gasteiger partial charge in [0, 0.05) is 32.1 Å². The summed E-state index contributed by atoms with van der Waals surface area (Å²) in [5, 5.41) is 0. The van der Waals surface area contributed by atoms with Crippen LogP contribution in [0.1, 0.15) is 44.6 Å². The number of rotatable bonds is 4. The molecule has 3 heterocycles. The van der Waals surface area contributed by atoms with Crippen LogP contribution in [-0.2, 0) is 16.1 Å². The lowest BCUT2D eigenvalue weighted by molar-refractivity contribution is -0.139. The molecule has 0 bridgehead atoms. The SMILES string of the molecule is CCC1CCCCN1C(=O)C1CC(=O)N(Cc2ccc3c(c2)OCO3)C1. The Labute approximate surface area is 154 Å². The van der Waals surface area contributed by atoms with E-state index in [1.807, 2.05) is 23.1 Å². The number of nitrogens with zero attached hydrogens (tertiary/aromatic N) is 2. The van der Waals surface area contributed by atoms with Crippen molar-refractivity contribution in [3.8, 4) is 11.5 Å². The minimum atomic E-state index is -0.205. The van der Waals surface area contributed by atoms with Crippen molar-refractivity contribution in [1.82, 2.24) is 9.80 Å². The van der Waals surface area contributed by atoms with E-state index in [-0.39, 0.29) is 24.5 Å². The molecule has 6 heteroatoms. The number of hydrogen-bond donors (Lipinski definition) is 0. The number of benzene rings is 1. The Hall–Kier alpha value is -2.24. The molecule has 4 rings (SSSR count). The van der Waals surface area contributed by atoms with Gasteiger partial charge in [-0.05, 0) is 43.4 Å². The van der Waals surface area contributed by atoms with Crippen molar-refractivity contribution in [2.75, 3.05) is 19.9 Å². The zero-order valence-electron chi connectivity index (χ0n) is 15.3. The molecule has 1 aromatic rings. The molecule has 2 atom stereocenters. The van der Waals surface area contributed by atoms with Crippen LogP contribution in [0, 0.1) is 5.92 Å². The van der Waals surface area contributed by atoms with Gasteiger partial charge < -0.3 is 19.3 Å². The maximum absolute atomic E-state index is 13.0. The monoisotopic (exact) mass is 358 g/mol. The number of amides is 2. The molecule has 3 aliphatic heterocycles. The Morgan fingerprint density at radius 1 is 1.23 bits per heavy atom. The molecule has 140 valence electrons. The van der Waals surface area contributed by atoms with Crippen LogP contribution in [0.5, 0.6) is 11.5 Å². The van der Waals surface area contributed by atoms with E-state index in [0.29, 0.717) is 25.6 Å². The van der Waals surface area contributed by atoms with Crippen molar-refractivity contribution in [1.29, 1.82) is 0 Å². The second-order valence-electron chi connectivity index (χ2n) is 7.45. The molecule has 0 saturated carbocycles. The van der Waals surface area contributed by atoms with Gasteiger partial charge in [-0.25, -0.2) is 0 Å².